The van der Waals surface area contributed by atoms with Crippen molar-refractivity contribution in [2.75, 3.05) is 9.80 Å². The summed E-state index contributed by atoms with van der Waals surface area (Å²) >= 11 is 0. The molecule has 13 aromatic rings. The van der Waals surface area contributed by atoms with Crippen LogP contribution in [0.2, 0.25) is 0 Å². The molecule has 2 heterocycles. The van der Waals surface area contributed by atoms with Gasteiger partial charge in [0.15, 0.2) is 0 Å². The number of fused-ring (bicyclic) bond motifs is 8. The average Bonchev–Trinajstić information content (AvgIpc) is 3.91. The molecule has 0 aliphatic carbocycles. The van der Waals surface area contributed by atoms with Crippen LogP contribution in [0.4, 0.5) is 34.1 Å². The Bertz CT molecular complexity index is 3780. The molecule has 0 bridgehead atoms. The van der Waals surface area contributed by atoms with Crippen LogP contribution >= 0.6 is 0 Å². The molecule has 2 aromatic heterocycles. The van der Waals surface area contributed by atoms with Gasteiger partial charge in [0.25, 0.3) is 0 Å². The summed E-state index contributed by atoms with van der Waals surface area (Å²) < 4.78 is 13.4. The summed E-state index contributed by atoms with van der Waals surface area (Å²) in [5.74, 6) is 0. The van der Waals surface area contributed by atoms with Crippen molar-refractivity contribution in [3.8, 4) is 22.3 Å². The van der Waals surface area contributed by atoms with Gasteiger partial charge in [-0.05, 0) is 160 Å². The maximum absolute atomic E-state index is 6.68. The molecule has 0 amide bonds. The van der Waals surface area contributed by atoms with E-state index in [0.717, 1.165) is 99.5 Å². The second-order valence-corrected chi connectivity index (χ2v) is 17.9. The monoisotopic (exact) mass is 872 g/mol. The zero-order valence-corrected chi connectivity index (χ0v) is 37.7. The number of rotatable bonds is 8. The molecule has 11 aromatic carbocycles. The van der Waals surface area contributed by atoms with Crippen molar-refractivity contribution in [3.05, 3.63) is 242 Å². The van der Waals surface area contributed by atoms with Crippen molar-refractivity contribution in [1.82, 2.24) is 0 Å². The first kappa shape index (κ1) is 39.5. The fourth-order valence-electron chi connectivity index (χ4n) is 10.1. The lowest BCUT2D eigenvalue weighted by atomic mass is 10.0. The molecule has 0 atom stereocenters. The largest absolute Gasteiger partial charge is 0.456 e. The second kappa shape index (κ2) is 15.9. The van der Waals surface area contributed by atoms with E-state index in [1.807, 2.05) is 0 Å². The van der Waals surface area contributed by atoms with Gasteiger partial charge < -0.3 is 18.6 Å². The van der Waals surface area contributed by atoms with Gasteiger partial charge in [-0.2, -0.15) is 0 Å². The maximum Gasteiger partial charge on any atom is 0.139 e. The Morgan fingerprint density at radius 1 is 0.265 bits per heavy atom. The van der Waals surface area contributed by atoms with E-state index in [1.165, 1.54) is 33.4 Å². The highest BCUT2D eigenvalue weighted by molar-refractivity contribution is 6.18. The predicted octanol–water partition coefficient (Wildman–Crippen LogP) is 18.7. The predicted molar refractivity (Wildman–Crippen MR) is 286 cm³/mol. The lowest BCUT2D eigenvalue weighted by Crippen LogP contribution is -2.11. The van der Waals surface area contributed by atoms with Crippen molar-refractivity contribution in [1.29, 1.82) is 0 Å². The number of furan rings is 2. The zero-order chi connectivity index (χ0) is 45.3. The summed E-state index contributed by atoms with van der Waals surface area (Å²) in [5.41, 5.74) is 17.1. The van der Waals surface area contributed by atoms with Crippen LogP contribution in [-0.2, 0) is 0 Å². The maximum atomic E-state index is 6.68. The van der Waals surface area contributed by atoms with Gasteiger partial charge in [0.2, 0.25) is 0 Å². The first-order valence-electron chi connectivity index (χ1n) is 23.2. The molecule has 0 unspecified atom stereocenters. The molecule has 0 aliphatic heterocycles. The number of aryl methyl sites for hydroxylation is 2. The van der Waals surface area contributed by atoms with Gasteiger partial charge in [0.1, 0.15) is 22.3 Å². The Kier molecular flexibility index (Phi) is 9.26. The van der Waals surface area contributed by atoms with E-state index in [-0.39, 0.29) is 0 Å². The van der Waals surface area contributed by atoms with Crippen LogP contribution in [0.25, 0.3) is 87.7 Å². The van der Waals surface area contributed by atoms with Gasteiger partial charge >= 0.3 is 0 Å². The lowest BCUT2D eigenvalue weighted by molar-refractivity contribution is 0.656. The van der Waals surface area contributed by atoms with Gasteiger partial charge in [-0.25, -0.2) is 0 Å². The van der Waals surface area contributed by atoms with Crippen molar-refractivity contribution in [2.45, 2.75) is 13.8 Å². The number of benzene rings is 11. The molecule has 4 heteroatoms. The van der Waals surface area contributed by atoms with Crippen LogP contribution in [0.5, 0.6) is 0 Å². The summed E-state index contributed by atoms with van der Waals surface area (Å²) in [6.45, 7) is 4.34. The second-order valence-electron chi connectivity index (χ2n) is 17.9. The van der Waals surface area contributed by atoms with Crippen LogP contribution in [0.1, 0.15) is 11.1 Å². The van der Waals surface area contributed by atoms with Crippen molar-refractivity contribution < 1.29 is 8.83 Å². The summed E-state index contributed by atoms with van der Waals surface area (Å²) in [5, 5.41) is 8.84. The Morgan fingerprint density at radius 2 is 0.618 bits per heavy atom. The smallest absolute Gasteiger partial charge is 0.139 e. The zero-order valence-electron chi connectivity index (χ0n) is 37.7. The molecule has 68 heavy (non-hydrogen) atoms. The number of hydrogen-bond acceptors (Lipinski definition) is 4. The molecule has 322 valence electrons. The number of hydrogen-bond donors (Lipinski definition) is 0. The average molecular weight is 873 g/mol. The van der Waals surface area contributed by atoms with E-state index in [4.69, 9.17) is 8.83 Å². The minimum absolute atomic E-state index is 0.807. The first-order chi connectivity index (χ1) is 33.5. The Hall–Kier alpha value is -8.86. The Morgan fingerprint density at radius 3 is 1.04 bits per heavy atom. The van der Waals surface area contributed by atoms with Crippen LogP contribution < -0.4 is 9.80 Å². The van der Waals surface area contributed by atoms with Crippen LogP contribution in [0.15, 0.2) is 239 Å². The fraction of sp³-hybridized carbons (Fsp3) is 0.0312. The summed E-state index contributed by atoms with van der Waals surface area (Å²) in [4.78, 5) is 4.70. The third kappa shape index (κ3) is 6.77. The molecular formula is C64H44N2O2. The van der Waals surface area contributed by atoms with E-state index in [2.05, 4.69) is 254 Å². The van der Waals surface area contributed by atoms with Crippen LogP contribution in [0.3, 0.4) is 0 Å². The van der Waals surface area contributed by atoms with E-state index in [0.29, 0.717) is 0 Å². The molecule has 0 aliphatic rings. The standard InChI is InChI=1S/C64H44N2O2/c1-41-13-9-11-19-59(41)65(51-27-21-45(22-28-51)43-15-5-3-6-16-43)53-31-25-47-35-55-57-39-58-56-36-48-26-32-54(34-50(48)38-62(56)68-64(58)40-63(57)67-61(55)37-49(47)33-53)66(60-20-12-10-14-42(60)2)52-29-23-46(24-30-52)44-17-7-4-8-18-44/h3-40H,1-2H3. The van der Waals surface area contributed by atoms with Gasteiger partial charge in [0.05, 0.1) is 0 Å². The molecular weight excluding hydrogens is 829 g/mol. The molecule has 13 rings (SSSR count). The quantitative estimate of drug-likeness (QED) is 0.152. The molecule has 0 saturated heterocycles. The number of nitrogens with zero attached hydrogens (tertiary/aromatic N) is 2. The van der Waals surface area contributed by atoms with Crippen LogP contribution in [-0.4, -0.2) is 0 Å². The van der Waals surface area contributed by atoms with E-state index in [9.17, 15) is 0 Å². The normalized spacial score (nSPS) is 11.7. The van der Waals surface area contributed by atoms with Gasteiger partial charge in [0, 0.05) is 61.7 Å². The summed E-state index contributed by atoms with van der Waals surface area (Å²) in [6.07, 6.45) is 0. The summed E-state index contributed by atoms with van der Waals surface area (Å²) in [6, 6.07) is 82.6. The van der Waals surface area contributed by atoms with Crippen LogP contribution in [0, 0.1) is 13.8 Å². The van der Waals surface area contributed by atoms with E-state index < -0.39 is 0 Å². The topological polar surface area (TPSA) is 32.8 Å². The van der Waals surface area contributed by atoms with Crippen molar-refractivity contribution >= 4 is 99.5 Å². The molecule has 0 fully saturated rings. The van der Waals surface area contributed by atoms with Crippen molar-refractivity contribution in [3.63, 3.8) is 0 Å². The minimum atomic E-state index is 0.807. The highest BCUT2D eigenvalue weighted by Crippen LogP contribution is 2.44. The summed E-state index contributed by atoms with van der Waals surface area (Å²) in [7, 11) is 0. The highest BCUT2D eigenvalue weighted by atomic mass is 16.3. The van der Waals surface area contributed by atoms with E-state index in [1.54, 1.807) is 0 Å². The fourth-order valence-corrected chi connectivity index (χ4v) is 10.1. The molecule has 0 radical (unpaired) electrons. The molecule has 4 nitrogen and oxygen atoms in total. The lowest BCUT2D eigenvalue weighted by Gasteiger charge is -2.27. The molecule has 0 spiro atoms. The third-order valence-corrected chi connectivity index (χ3v) is 13.6. The number of para-hydroxylation sites is 2. The minimum Gasteiger partial charge on any atom is -0.456 e. The van der Waals surface area contributed by atoms with E-state index >= 15 is 0 Å². The Labute approximate surface area is 394 Å². The third-order valence-electron chi connectivity index (χ3n) is 13.6. The SMILES string of the molecule is Cc1ccccc1N(c1ccc(-c2ccccc2)cc1)c1ccc2cc3c(cc2c1)oc1cc2oc4cc5cc(N(c6ccc(-c7ccccc7)cc6)c6ccccc6C)ccc5cc4c2cc13. The van der Waals surface area contributed by atoms with Gasteiger partial charge in [-0.3, -0.25) is 0 Å². The highest BCUT2D eigenvalue weighted by Gasteiger charge is 2.20. The molecule has 0 N–H and O–H groups in total. The molecule has 0 saturated carbocycles. The van der Waals surface area contributed by atoms with Crippen molar-refractivity contribution in [2.24, 2.45) is 0 Å². The number of anilines is 6. The van der Waals surface area contributed by atoms with Gasteiger partial charge in [-0.15, -0.1) is 0 Å². The van der Waals surface area contributed by atoms with Gasteiger partial charge in [-0.1, -0.05) is 133 Å². The Balaban J connectivity index is 0.872. The first-order valence-corrected chi connectivity index (χ1v) is 23.2.